The standard InChI is InChI=1S/C23H17N5O4/c29-21(25-17-8-2-1-3-9-17)15-27-20-12-5-4-11-19(20)22(23(27)30)26-24-14-16-7-6-10-18(13-16)28(31)32/h1-14H,15H2,(H,25,29). The fourth-order valence-corrected chi connectivity index (χ4v) is 3.25. The maximum Gasteiger partial charge on any atom is 0.279 e. The molecule has 0 bridgehead atoms. The quantitative estimate of drug-likeness (QED) is 0.368. The number of nitrogens with zero attached hydrogens (tertiary/aromatic N) is 4. The van der Waals surface area contributed by atoms with Crippen LogP contribution in [-0.2, 0) is 9.59 Å². The highest BCUT2D eigenvalue weighted by molar-refractivity contribution is 6.54. The van der Waals surface area contributed by atoms with Gasteiger partial charge in [0, 0.05) is 28.9 Å². The number of hydrogen-bond acceptors (Lipinski definition) is 6. The van der Waals surface area contributed by atoms with Gasteiger partial charge in [0.25, 0.3) is 11.6 Å². The number of carbonyl (C=O) groups is 2. The molecule has 9 nitrogen and oxygen atoms in total. The molecule has 32 heavy (non-hydrogen) atoms. The molecule has 0 fully saturated rings. The van der Waals surface area contributed by atoms with Crippen LogP contribution < -0.4 is 10.2 Å². The minimum absolute atomic E-state index is 0.0699. The number of nitro groups is 1. The molecule has 1 heterocycles. The Hall–Kier alpha value is -4.66. The van der Waals surface area contributed by atoms with Gasteiger partial charge in [-0.05, 0) is 18.2 Å². The summed E-state index contributed by atoms with van der Waals surface area (Å²) in [5, 5.41) is 21.7. The van der Waals surface area contributed by atoms with Crippen LogP contribution in [0, 0.1) is 10.1 Å². The van der Waals surface area contributed by atoms with Gasteiger partial charge >= 0.3 is 0 Å². The average Bonchev–Trinajstić information content (AvgIpc) is 3.06. The predicted octanol–water partition coefficient (Wildman–Crippen LogP) is 3.40. The molecular formula is C23H17N5O4. The van der Waals surface area contributed by atoms with Crippen LogP contribution in [0.15, 0.2) is 89.1 Å². The fraction of sp³-hybridized carbons (Fsp3) is 0.0435. The van der Waals surface area contributed by atoms with Gasteiger partial charge in [-0.3, -0.25) is 24.6 Å². The third kappa shape index (κ3) is 4.41. The Morgan fingerprint density at radius 1 is 1.03 bits per heavy atom. The maximum atomic E-state index is 13.0. The first kappa shape index (κ1) is 20.6. The number of para-hydroxylation sites is 2. The van der Waals surface area contributed by atoms with E-state index in [1.54, 1.807) is 54.6 Å². The van der Waals surface area contributed by atoms with Gasteiger partial charge in [-0.15, -0.1) is 5.10 Å². The molecular weight excluding hydrogens is 410 g/mol. The van der Waals surface area contributed by atoms with Crippen molar-refractivity contribution < 1.29 is 14.5 Å². The van der Waals surface area contributed by atoms with Crippen LogP contribution in [0.4, 0.5) is 17.1 Å². The van der Waals surface area contributed by atoms with Gasteiger partial charge in [-0.2, -0.15) is 5.10 Å². The number of carbonyl (C=O) groups excluding carboxylic acids is 2. The van der Waals surface area contributed by atoms with Crippen LogP contribution >= 0.6 is 0 Å². The zero-order valence-corrected chi connectivity index (χ0v) is 16.7. The van der Waals surface area contributed by atoms with Crippen LogP contribution in [0.5, 0.6) is 0 Å². The fourth-order valence-electron chi connectivity index (χ4n) is 3.25. The first-order chi connectivity index (χ1) is 15.5. The third-order valence-corrected chi connectivity index (χ3v) is 4.70. The normalized spacial score (nSPS) is 14.1. The predicted molar refractivity (Wildman–Crippen MR) is 121 cm³/mol. The van der Waals surface area contributed by atoms with E-state index in [1.807, 2.05) is 6.07 Å². The Balaban J connectivity index is 1.55. The summed E-state index contributed by atoms with van der Waals surface area (Å²) in [6.07, 6.45) is 1.33. The van der Waals surface area contributed by atoms with Crippen molar-refractivity contribution in [2.45, 2.75) is 0 Å². The molecule has 0 radical (unpaired) electrons. The van der Waals surface area contributed by atoms with E-state index in [4.69, 9.17) is 0 Å². The number of anilines is 2. The van der Waals surface area contributed by atoms with E-state index in [-0.39, 0.29) is 23.9 Å². The molecule has 1 aliphatic heterocycles. The molecule has 9 heteroatoms. The number of nitrogens with one attached hydrogen (secondary N) is 1. The summed E-state index contributed by atoms with van der Waals surface area (Å²) < 4.78 is 0. The number of amides is 2. The summed E-state index contributed by atoms with van der Waals surface area (Å²) in [6.45, 7) is -0.182. The third-order valence-electron chi connectivity index (χ3n) is 4.70. The van der Waals surface area contributed by atoms with Crippen LogP contribution in [0.3, 0.4) is 0 Å². The van der Waals surface area contributed by atoms with Gasteiger partial charge in [-0.25, -0.2) is 0 Å². The first-order valence-electron chi connectivity index (χ1n) is 9.64. The van der Waals surface area contributed by atoms with Gasteiger partial charge in [0.05, 0.1) is 16.8 Å². The molecule has 3 aromatic rings. The maximum absolute atomic E-state index is 13.0. The Morgan fingerprint density at radius 3 is 2.56 bits per heavy atom. The molecule has 1 aliphatic rings. The monoisotopic (exact) mass is 427 g/mol. The van der Waals surface area contributed by atoms with E-state index in [9.17, 15) is 19.7 Å². The highest BCUT2D eigenvalue weighted by atomic mass is 16.6. The second-order valence-electron chi connectivity index (χ2n) is 6.87. The van der Waals surface area contributed by atoms with E-state index < -0.39 is 10.8 Å². The van der Waals surface area contributed by atoms with E-state index in [1.165, 1.54) is 29.3 Å². The van der Waals surface area contributed by atoms with Gasteiger partial charge in [0.15, 0.2) is 5.71 Å². The lowest BCUT2D eigenvalue weighted by molar-refractivity contribution is -0.384. The second kappa shape index (κ2) is 9.00. The molecule has 0 saturated carbocycles. The minimum Gasteiger partial charge on any atom is -0.325 e. The van der Waals surface area contributed by atoms with Crippen LogP contribution in [0.2, 0.25) is 0 Å². The van der Waals surface area contributed by atoms with Crippen molar-refractivity contribution >= 4 is 40.8 Å². The Labute approximate surface area is 182 Å². The molecule has 158 valence electrons. The molecule has 3 aromatic carbocycles. The molecule has 0 spiro atoms. The molecule has 0 unspecified atom stereocenters. The van der Waals surface area contributed by atoms with E-state index in [2.05, 4.69) is 15.5 Å². The molecule has 4 rings (SSSR count). The first-order valence-corrected chi connectivity index (χ1v) is 9.64. The number of rotatable bonds is 6. The lowest BCUT2D eigenvalue weighted by Gasteiger charge is -2.16. The van der Waals surface area contributed by atoms with E-state index in [0.29, 0.717) is 22.5 Å². The lowest BCUT2D eigenvalue weighted by Crippen LogP contribution is -2.37. The minimum atomic E-state index is -0.502. The summed E-state index contributed by atoms with van der Waals surface area (Å²) in [7, 11) is 0. The Kier molecular flexibility index (Phi) is 5.80. The zero-order chi connectivity index (χ0) is 22.5. The highest BCUT2D eigenvalue weighted by Crippen LogP contribution is 2.29. The number of fused-ring (bicyclic) bond motifs is 1. The zero-order valence-electron chi connectivity index (χ0n) is 16.7. The van der Waals surface area contributed by atoms with Crippen molar-refractivity contribution in [1.29, 1.82) is 0 Å². The van der Waals surface area contributed by atoms with Crippen LogP contribution in [-0.4, -0.2) is 35.2 Å². The van der Waals surface area contributed by atoms with E-state index in [0.717, 1.165) is 0 Å². The van der Waals surface area contributed by atoms with Crippen molar-refractivity contribution in [3.8, 4) is 0 Å². The summed E-state index contributed by atoms with van der Waals surface area (Å²) in [6, 6.07) is 21.9. The van der Waals surface area contributed by atoms with Crippen molar-refractivity contribution in [2.24, 2.45) is 10.2 Å². The average molecular weight is 427 g/mol. The molecule has 1 N–H and O–H groups in total. The largest absolute Gasteiger partial charge is 0.325 e. The topological polar surface area (TPSA) is 117 Å². The lowest BCUT2D eigenvalue weighted by atomic mass is 10.1. The summed E-state index contributed by atoms with van der Waals surface area (Å²) in [5.74, 6) is -0.800. The van der Waals surface area contributed by atoms with Crippen molar-refractivity contribution in [3.05, 3.63) is 100 Å². The smallest absolute Gasteiger partial charge is 0.279 e. The molecule has 0 atom stereocenters. The Bertz CT molecular complexity index is 1250. The van der Waals surface area contributed by atoms with Gasteiger partial charge in [0.1, 0.15) is 6.54 Å². The molecule has 0 aromatic heterocycles. The number of non-ortho nitro benzene ring substituents is 1. The second-order valence-corrected chi connectivity index (χ2v) is 6.87. The number of benzene rings is 3. The molecule has 0 saturated heterocycles. The summed E-state index contributed by atoms with van der Waals surface area (Å²) >= 11 is 0. The SMILES string of the molecule is O=C(CN1C(=O)C(=NN=Cc2cccc([N+](=O)[O-])c2)c2ccccc21)Nc1ccccc1. The highest BCUT2D eigenvalue weighted by Gasteiger charge is 2.35. The van der Waals surface area contributed by atoms with Crippen molar-refractivity contribution in [1.82, 2.24) is 0 Å². The number of hydrogen-bond donors (Lipinski definition) is 1. The van der Waals surface area contributed by atoms with Gasteiger partial charge in [-0.1, -0.05) is 48.5 Å². The van der Waals surface area contributed by atoms with E-state index >= 15 is 0 Å². The van der Waals surface area contributed by atoms with Gasteiger partial charge < -0.3 is 5.32 Å². The summed E-state index contributed by atoms with van der Waals surface area (Å²) in [5.41, 5.74) is 2.25. The van der Waals surface area contributed by atoms with Crippen molar-refractivity contribution in [2.75, 3.05) is 16.8 Å². The Morgan fingerprint density at radius 2 is 1.78 bits per heavy atom. The number of nitro benzene ring substituents is 1. The van der Waals surface area contributed by atoms with Crippen LogP contribution in [0.1, 0.15) is 11.1 Å². The summed E-state index contributed by atoms with van der Waals surface area (Å²) in [4.78, 5) is 37.2. The molecule has 2 amide bonds. The molecule has 0 aliphatic carbocycles. The van der Waals surface area contributed by atoms with Crippen molar-refractivity contribution in [3.63, 3.8) is 0 Å². The van der Waals surface area contributed by atoms with Gasteiger partial charge in [0.2, 0.25) is 5.91 Å². The van der Waals surface area contributed by atoms with Crippen LogP contribution in [0.25, 0.3) is 0 Å².